The highest BCUT2D eigenvalue weighted by atomic mass is 16.5. The van der Waals surface area contributed by atoms with E-state index in [1.165, 1.54) is 5.01 Å². The van der Waals surface area contributed by atoms with Crippen LogP contribution in [0.1, 0.15) is 19.4 Å². The summed E-state index contributed by atoms with van der Waals surface area (Å²) < 4.78 is 6.93. The minimum absolute atomic E-state index is 0.120. The summed E-state index contributed by atoms with van der Waals surface area (Å²) in [5.41, 5.74) is 3.68. The molecular weight excluding hydrogens is 366 g/mol. The Balaban J connectivity index is 1.72. The molecule has 0 saturated carbocycles. The Labute approximate surface area is 168 Å². The Morgan fingerprint density at radius 2 is 1.83 bits per heavy atom. The lowest BCUT2D eigenvalue weighted by atomic mass is 10.1. The topological polar surface area (TPSA) is 63.9 Å². The Bertz CT molecular complexity index is 1140. The molecule has 0 atom stereocenters. The lowest BCUT2D eigenvalue weighted by molar-refractivity contribution is -0.143. The first-order chi connectivity index (χ1) is 14.1. The number of rotatable bonds is 5. The second-order valence-electron chi connectivity index (χ2n) is 6.73. The predicted octanol–water partition coefficient (Wildman–Crippen LogP) is 4.01. The van der Waals surface area contributed by atoms with E-state index < -0.39 is 0 Å². The molecule has 0 radical (unpaired) electrons. The van der Waals surface area contributed by atoms with Crippen molar-refractivity contribution in [1.29, 1.82) is 0 Å². The van der Waals surface area contributed by atoms with Gasteiger partial charge in [-0.1, -0.05) is 36.4 Å². The van der Waals surface area contributed by atoms with E-state index in [1.807, 2.05) is 78.4 Å². The van der Waals surface area contributed by atoms with E-state index in [1.54, 1.807) is 6.92 Å². The van der Waals surface area contributed by atoms with Crippen molar-refractivity contribution in [3.8, 4) is 0 Å². The van der Waals surface area contributed by atoms with Gasteiger partial charge in [0, 0.05) is 22.7 Å². The molecule has 146 valence electrons. The standard InChI is InChI=1S/C23H21N3O3/c1-3-29-22(27)15-25-14-17(19-11-7-8-12-21(19)25)13-20-16(2)24-26(23(20)28)18-9-5-4-6-10-18/h4-14H,3,15H2,1-2H3/b20-13+. The normalized spacial score (nSPS) is 15.2. The van der Waals surface area contributed by atoms with E-state index in [4.69, 9.17) is 4.74 Å². The third-order valence-corrected chi connectivity index (χ3v) is 4.79. The quantitative estimate of drug-likeness (QED) is 0.491. The van der Waals surface area contributed by atoms with Crippen LogP contribution in [0.4, 0.5) is 5.69 Å². The number of ether oxygens (including phenoxy) is 1. The number of carbonyl (C=O) groups is 2. The maximum Gasteiger partial charge on any atom is 0.325 e. The highest BCUT2D eigenvalue weighted by Crippen LogP contribution is 2.28. The number of anilines is 1. The van der Waals surface area contributed by atoms with Crippen molar-refractivity contribution in [2.24, 2.45) is 5.10 Å². The number of hydrogen-bond acceptors (Lipinski definition) is 4. The van der Waals surface area contributed by atoms with Gasteiger partial charge < -0.3 is 9.30 Å². The van der Waals surface area contributed by atoms with E-state index in [0.717, 1.165) is 22.2 Å². The molecule has 0 unspecified atom stereocenters. The monoisotopic (exact) mass is 387 g/mol. The molecule has 6 nitrogen and oxygen atoms in total. The molecule has 0 N–H and O–H groups in total. The number of carbonyl (C=O) groups excluding carboxylic acids is 2. The van der Waals surface area contributed by atoms with Gasteiger partial charge in [0.15, 0.2) is 0 Å². The third-order valence-electron chi connectivity index (χ3n) is 4.79. The summed E-state index contributed by atoms with van der Waals surface area (Å²) in [7, 11) is 0. The van der Waals surface area contributed by atoms with Crippen LogP contribution in [0, 0.1) is 0 Å². The summed E-state index contributed by atoms with van der Waals surface area (Å²) in [5.74, 6) is -0.465. The number of esters is 1. The average molecular weight is 387 g/mol. The minimum Gasteiger partial charge on any atom is -0.465 e. The van der Waals surface area contributed by atoms with E-state index in [2.05, 4.69) is 5.10 Å². The van der Waals surface area contributed by atoms with Gasteiger partial charge in [0.1, 0.15) is 6.54 Å². The molecule has 0 bridgehead atoms. The number of hydrazone groups is 1. The van der Waals surface area contributed by atoms with Gasteiger partial charge in [-0.15, -0.1) is 0 Å². The summed E-state index contributed by atoms with van der Waals surface area (Å²) in [4.78, 5) is 25.0. The van der Waals surface area contributed by atoms with Gasteiger partial charge in [-0.25, -0.2) is 0 Å². The Morgan fingerprint density at radius 3 is 2.59 bits per heavy atom. The fourth-order valence-electron chi connectivity index (χ4n) is 3.45. The van der Waals surface area contributed by atoms with Crippen LogP contribution in [0.25, 0.3) is 17.0 Å². The van der Waals surface area contributed by atoms with Crippen LogP contribution >= 0.6 is 0 Å². The molecule has 6 heteroatoms. The first-order valence-electron chi connectivity index (χ1n) is 9.48. The zero-order valence-corrected chi connectivity index (χ0v) is 16.3. The van der Waals surface area contributed by atoms with Gasteiger partial charge in [0.05, 0.1) is 23.6 Å². The van der Waals surface area contributed by atoms with Gasteiger partial charge in [-0.05, 0) is 38.1 Å². The maximum atomic E-state index is 13.0. The van der Waals surface area contributed by atoms with Crippen molar-refractivity contribution < 1.29 is 14.3 Å². The van der Waals surface area contributed by atoms with Crippen molar-refractivity contribution in [1.82, 2.24) is 4.57 Å². The number of amides is 1. The van der Waals surface area contributed by atoms with Crippen LogP contribution < -0.4 is 5.01 Å². The maximum absolute atomic E-state index is 13.0. The van der Waals surface area contributed by atoms with Crippen molar-refractivity contribution in [2.75, 3.05) is 11.6 Å². The number of fused-ring (bicyclic) bond motifs is 1. The number of nitrogens with zero attached hydrogens (tertiary/aromatic N) is 3. The summed E-state index contributed by atoms with van der Waals surface area (Å²) in [6.07, 6.45) is 3.72. The molecule has 2 aromatic carbocycles. The Hall–Kier alpha value is -3.67. The molecule has 0 aliphatic carbocycles. The van der Waals surface area contributed by atoms with Gasteiger partial charge in [-0.2, -0.15) is 10.1 Å². The summed E-state index contributed by atoms with van der Waals surface area (Å²) in [6, 6.07) is 17.1. The molecule has 3 aromatic rings. The fourth-order valence-corrected chi connectivity index (χ4v) is 3.45. The van der Waals surface area contributed by atoms with Crippen molar-refractivity contribution >= 4 is 40.3 Å². The first kappa shape index (κ1) is 18.7. The number of hydrogen-bond donors (Lipinski definition) is 0. The van der Waals surface area contributed by atoms with Gasteiger partial charge >= 0.3 is 5.97 Å². The van der Waals surface area contributed by atoms with Crippen LogP contribution in [-0.2, 0) is 20.9 Å². The number of aromatic nitrogens is 1. The summed E-state index contributed by atoms with van der Waals surface area (Å²) in [5, 5.41) is 6.80. The second kappa shape index (κ2) is 7.75. The fraction of sp³-hybridized carbons (Fsp3) is 0.174. The highest BCUT2D eigenvalue weighted by Gasteiger charge is 2.29. The zero-order valence-electron chi connectivity index (χ0n) is 16.3. The van der Waals surface area contributed by atoms with Crippen LogP contribution in [0.2, 0.25) is 0 Å². The minimum atomic E-state index is -0.294. The summed E-state index contributed by atoms with van der Waals surface area (Å²) >= 11 is 0. The van der Waals surface area contributed by atoms with E-state index in [0.29, 0.717) is 17.9 Å². The second-order valence-corrected chi connectivity index (χ2v) is 6.73. The molecule has 1 aliphatic rings. The number of para-hydroxylation sites is 2. The Morgan fingerprint density at radius 1 is 1.10 bits per heavy atom. The molecule has 1 aliphatic heterocycles. The first-order valence-corrected chi connectivity index (χ1v) is 9.48. The molecule has 0 spiro atoms. The Kier molecular flexibility index (Phi) is 4.99. The largest absolute Gasteiger partial charge is 0.465 e. The van der Waals surface area contributed by atoms with Crippen LogP contribution in [0.5, 0.6) is 0 Å². The molecule has 4 rings (SSSR count). The summed E-state index contributed by atoms with van der Waals surface area (Å²) in [6.45, 7) is 4.07. The van der Waals surface area contributed by atoms with Gasteiger partial charge in [0.25, 0.3) is 5.91 Å². The molecule has 2 heterocycles. The van der Waals surface area contributed by atoms with E-state index in [9.17, 15) is 9.59 Å². The van der Waals surface area contributed by atoms with Crippen molar-refractivity contribution in [3.63, 3.8) is 0 Å². The highest BCUT2D eigenvalue weighted by molar-refractivity contribution is 6.32. The third kappa shape index (κ3) is 3.57. The van der Waals surface area contributed by atoms with Crippen LogP contribution in [0.15, 0.2) is 71.5 Å². The smallest absolute Gasteiger partial charge is 0.325 e. The lowest BCUT2D eigenvalue weighted by Gasteiger charge is -2.10. The molecule has 1 aromatic heterocycles. The molecule has 0 fully saturated rings. The van der Waals surface area contributed by atoms with Crippen molar-refractivity contribution in [3.05, 3.63) is 71.9 Å². The van der Waals surface area contributed by atoms with Crippen LogP contribution in [0.3, 0.4) is 0 Å². The zero-order chi connectivity index (χ0) is 20.4. The van der Waals surface area contributed by atoms with Crippen molar-refractivity contribution in [2.45, 2.75) is 20.4 Å². The molecular formula is C23H21N3O3. The molecule has 0 saturated heterocycles. The van der Waals surface area contributed by atoms with Gasteiger partial charge in [-0.3, -0.25) is 9.59 Å². The van der Waals surface area contributed by atoms with E-state index in [-0.39, 0.29) is 18.4 Å². The molecule has 1 amide bonds. The van der Waals surface area contributed by atoms with Crippen LogP contribution in [-0.4, -0.2) is 28.8 Å². The van der Waals surface area contributed by atoms with E-state index >= 15 is 0 Å². The number of benzene rings is 2. The van der Waals surface area contributed by atoms with Gasteiger partial charge in [0.2, 0.25) is 0 Å². The predicted molar refractivity (Wildman–Crippen MR) is 114 cm³/mol. The average Bonchev–Trinajstić information content (AvgIpc) is 3.21. The lowest BCUT2D eigenvalue weighted by Crippen LogP contribution is -2.21. The molecule has 29 heavy (non-hydrogen) atoms. The SMILES string of the molecule is CCOC(=O)Cn1cc(/C=C2/C(=O)N(c3ccccc3)N=C2C)c2ccccc21.